The van der Waals surface area contributed by atoms with Crippen LogP contribution >= 0.6 is 39.1 Å². The van der Waals surface area contributed by atoms with Crippen LogP contribution in [0.1, 0.15) is 12.8 Å². The number of sulfonamides is 1. The highest BCUT2D eigenvalue weighted by Gasteiger charge is 2.29. The standard InChI is InChI=1S/C11H12BrCl2NO2S/c12-10-6-9(3-4-11(10)14)18(16,17)15-5-1-2-8(13)7-15/h3-4,6,8H,1-2,5,7H2. The van der Waals surface area contributed by atoms with Gasteiger partial charge in [-0.25, -0.2) is 8.42 Å². The lowest BCUT2D eigenvalue weighted by molar-refractivity contribution is 0.350. The maximum absolute atomic E-state index is 12.4. The van der Waals surface area contributed by atoms with E-state index in [0.29, 0.717) is 22.6 Å². The summed E-state index contributed by atoms with van der Waals surface area (Å²) in [6, 6.07) is 4.61. The van der Waals surface area contributed by atoms with E-state index in [1.165, 1.54) is 16.4 Å². The molecule has 0 spiro atoms. The Balaban J connectivity index is 2.32. The zero-order valence-electron chi connectivity index (χ0n) is 9.44. The van der Waals surface area contributed by atoms with E-state index in [1.807, 2.05) is 0 Å². The number of hydrogen-bond acceptors (Lipinski definition) is 2. The second kappa shape index (κ2) is 5.67. The zero-order valence-corrected chi connectivity index (χ0v) is 13.4. The van der Waals surface area contributed by atoms with Crippen LogP contribution < -0.4 is 0 Å². The zero-order chi connectivity index (χ0) is 13.3. The van der Waals surface area contributed by atoms with Gasteiger partial charge in [0, 0.05) is 22.9 Å². The summed E-state index contributed by atoms with van der Waals surface area (Å²) in [7, 11) is -3.47. The summed E-state index contributed by atoms with van der Waals surface area (Å²) in [6.07, 6.45) is 1.65. The van der Waals surface area contributed by atoms with Crippen molar-refractivity contribution in [2.24, 2.45) is 0 Å². The fourth-order valence-electron chi connectivity index (χ4n) is 1.90. The summed E-state index contributed by atoms with van der Waals surface area (Å²) in [4.78, 5) is 0.240. The molecule has 1 aromatic carbocycles. The van der Waals surface area contributed by atoms with Crippen molar-refractivity contribution in [3.8, 4) is 0 Å². The van der Waals surface area contributed by atoms with Crippen molar-refractivity contribution in [2.75, 3.05) is 13.1 Å². The van der Waals surface area contributed by atoms with Crippen LogP contribution in [0.4, 0.5) is 0 Å². The molecule has 1 aliphatic rings. The first kappa shape index (κ1) is 14.6. The van der Waals surface area contributed by atoms with E-state index in [0.717, 1.165) is 12.8 Å². The molecule has 0 aromatic heterocycles. The highest BCUT2D eigenvalue weighted by Crippen LogP contribution is 2.28. The lowest BCUT2D eigenvalue weighted by Crippen LogP contribution is -2.40. The topological polar surface area (TPSA) is 37.4 Å². The van der Waals surface area contributed by atoms with Gasteiger partial charge >= 0.3 is 0 Å². The van der Waals surface area contributed by atoms with E-state index in [-0.39, 0.29) is 10.3 Å². The third-order valence-corrected chi connectivity index (χ3v) is 6.29. The van der Waals surface area contributed by atoms with Gasteiger partial charge in [-0.3, -0.25) is 0 Å². The predicted octanol–water partition coefficient (Wildman–Crippen LogP) is 3.49. The van der Waals surface area contributed by atoms with E-state index in [4.69, 9.17) is 23.2 Å². The van der Waals surface area contributed by atoms with Crippen molar-refractivity contribution in [3.63, 3.8) is 0 Å². The third kappa shape index (κ3) is 3.02. The van der Waals surface area contributed by atoms with Crippen molar-refractivity contribution in [1.82, 2.24) is 4.31 Å². The van der Waals surface area contributed by atoms with Crippen LogP contribution in [0.3, 0.4) is 0 Å². The van der Waals surface area contributed by atoms with Gasteiger partial charge < -0.3 is 0 Å². The van der Waals surface area contributed by atoms with E-state index in [2.05, 4.69) is 15.9 Å². The number of alkyl halides is 1. The van der Waals surface area contributed by atoms with Crippen LogP contribution in [0, 0.1) is 0 Å². The Labute approximate surface area is 125 Å². The third-order valence-electron chi connectivity index (χ3n) is 2.86. The largest absolute Gasteiger partial charge is 0.243 e. The van der Waals surface area contributed by atoms with E-state index < -0.39 is 10.0 Å². The van der Waals surface area contributed by atoms with Gasteiger partial charge in [0.15, 0.2) is 0 Å². The lowest BCUT2D eigenvalue weighted by atomic mass is 10.2. The normalized spacial score (nSPS) is 22.1. The van der Waals surface area contributed by atoms with Gasteiger partial charge in [0.25, 0.3) is 0 Å². The minimum Gasteiger partial charge on any atom is -0.207 e. The van der Waals surface area contributed by atoms with Crippen LogP contribution in [0.2, 0.25) is 5.02 Å². The fraction of sp³-hybridized carbons (Fsp3) is 0.455. The average molecular weight is 373 g/mol. The Bertz CT molecular complexity index is 550. The van der Waals surface area contributed by atoms with Crippen LogP contribution in [-0.2, 0) is 10.0 Å². The molecule has 0 radical (unpaired) electrons. The van der Waals surface area contributed by atoms with E-state index in [1.54, 1.807) is 6.07 Å². The molecule has 1 atom stereocenters. The number of benzene rings is 1. The Kier molecular flexibility index (Phi) is 4.60. The predicted molar refractivity (Wildman–Crippen MR) is 76.8 cm³/mol. The summed E-state index contributed by atoms with van der Waals surface area (Å²) in [6.45, 7) is 0.885. The van der Waals surface area contributed by atoms with Gasteiger partial charge in [-0.1, -0.05) is 11.6 Å². The van der Waals surface area contributed by atoms with Crippen molar-refractivity contribution in [2.45, 2.75) is 23.1 Å². The summed E-state index contributed by atoms with van der Waals surface area (Å²) in [5, 5.41) is 0.382. The molecule has 100 valence electrons. The van der Waals surface area contributed by atoms with Crippen molar-refractivity contribution in [1.29, 1.82) is 0 Å². The van der Waals surface area contributed by atoms with Crippen molar-refractivity contribution < 1.29 is 8.42 Å². The first-order valence-electron chi connectivity index (χ1n) is 5.50. The van der Waals surface area contributed by atoms with Crippen molar-refractivity contribution >= 4 is 49.2 Å². The van der Waals surface area contributed by atoms with Gasteiger partial charge in [-0.05, 0) is 47.0 Å². The second-order valence-corrected chi connectivity index (χ2v) is 8.00. The summed E-state index contributed by atoms with van der Waals surface area (Å²) in [5.74, 6) is 0. The molecule has 7 heteroatoms. The van der Waals surface area contributed by atoms with Gasteiger partial charge in [0.2, 0.25) is 10.0 Å². The highest BCUT2D eigenvalue weighted by atomic mass is 79.9. The van der Waals surface area contributed by atoms with Crippen LogP contribution in [-0.4, -0.2) is 31.2 Å². The summed E-state index contributed by atoms with van der Waals surface area (Å²) < 4.78 is 26.8. The molecule has 3 nitrogen and oxygen atoms in total. The SMILES string of the molecule is O=S(=O)(c1ccc(Cl)c(Br)c1)N1CCCC(Cl)C1. The first-order chi connectivity index (χ1) is 8.41. The van der Waals surface area contributed by atoms with Crippen LogP contribution in [0.15, 0.2) is 27.6 Å². The maximum Gasteiger partial charge on any atom is 0.243 e. The molecular weight excluding hydrogens is 361 g/mol. The molecule has 1 unspecified atom stereocenters. The molecule has 2 rings (SSSR count). The van der Waals surface area contributed by atoms with Gasteiger partial charge in [0.05, 0.1) is 9.92 Å². The second-order valence-electron chi connectivity index (χ2n) is 4.18. The Hall–Kier alpha value is 0.190. The summed E-state index contributed by atoms with van der Waals surface area (Å²) in [5.41, 5.74) is 0. The van der Waals surface area contributed by atoms with E-state index >= 15 is 0 Å². The molecule has 0 bridgehead atoms. The minimum absolute atomic E-state index is 0.107. The van der Waals surface area contributed by atoms with Crippen molar-refractivity contribution in [3.05, 3.63) is 27.7 Å². The molecule has 1 aliphatic heterocycles. The molecule has 0 aliphatic carbocycles. The minimum atomic E-state index is -3.47. The number of hydrogen-bond donors (Lipinski definition) is 0. The molecule has 1 heterocycles. The number of piperidine rings is 1. The Morgan fingerprint density at radius 2 is 2.11 bits per heavy atom. The Morgan fingerprint density at radius 3 is 2.72 bits per heavy atom. The Morgan fingerprint density at radius 1 is 1.39 bits per heavy atom. The fourth-order valence-corrected chi connectivity index (χ4v) is 4.50. The molecule has 0 amide bonds. The smallest absolute Gasteiger partial charge is 0.207 e. The highest BCUT2D eigenvalue weighted by molar-refractivity contribution is 9.10. The number of nitrogens with zero attached hydrogens (tertiary/aromatic N) is 1. The molecule has 1 fully saturated rings. The number of rotatable bonds is 2. The molecule has 0 saturated carbocycles. The monoisotopic (exact) mass is 371 g/mol. The van der Waals surface area contributed by atoms with E-state index in [9.17, 15) is 8.42 Å². The number of halogens is 3. The molecule has 18 heavy (non-hydrogen) atoms. The molecule has 1 aromatic rings. The summed E-state index contributed by atoms with van der Waals surface area (Å²) >= 11 is 15.1. The van der Waals surface area contributed by atoms with Gasteiger partial charge in [0.1, 0.15) is 0 Å². The average Bonchev–Trinajstić information content (AvgIpc) is 2.32. The quantitative estimate of drug-likeness (QED) is 0.745. The van der Waals surface area contributed by atoms with Crippen LogP contribution in [0.5, 0.6) is 0 Å². The van der Waals surface area contributed by atoms with Gasteiger partial charge in [-0.15, -0.1) is 11.6 Å². The molecular formula is C11H12BrCl2NO2S. The van der Waals surface area contributed by atoms with Gasteiger partial charge in [-0.2, -0.15) is 4.31 Å². The maximum atomic E-state index is 12.4. The molecule has 1 saturated heterocycles. The van der Waals surface area contributed by atoms with Crippen LogP contribution in [0.25, 0.3) is 0 Å². The first-order valence-corrected chi connectivity index (χ1v) is 8.55. The lowest BCUT2D eigenvalue weighted by Gasteiger charge is -2.28. The molecule has 0 N–H and O–H groups in total.